The maximum Gasteiger partial charge on any atom is 0.0491 e. The summed E-state index contributed by atoms with van der Waals surface area (Å²) in [6.07, 6.45) is 0. The van der Waals surface area contributed by atoms with Crippen LogP contribution in [0.15, 0.2) is 22.7 Å². The summed E-state index contributed by atoms with van der Waals surface area (Å²) in [6, 6.07) is 6.49. The second kappa shape index (κ2) is 5.51. The van der Waals surface area contributed by atoms with E-state index >= 15 is 0 Å². The zero-order valence-electron chi connectivity index (χ0n) is 10.5. The van der Waals surface area contributed by atoms with Crippen molar-refractivity contribution in [3.63, 3.8) is 0 Å². The minimum absolute atomic E-state index is 0.576. The summed E-state index contributed by atoms with van der Waals surface area (Å²) >= 11 is 5.56. The lowest BCUT2D eigenvalue weighted by Gasteiger charge is -2.08. The first-order valence-corrected chi connectivity index (χ1v) is 7.66. The second-order valence-corrected chi connectivity index (χ2v) is 6.45. The van der Waals surface area contributed by atoms with Crippen molar-refractivity contribution in [2.24, 2.45) is 0 Å². The fourth-order valence-corrected chi connectivity index (χ4v) is 4.09. The van der Waals surface area contributed by atoms with Crippen LogP contribution in [0.2, 0.25) is 0 Å². The number of rotatable bonds is 4. The molecule has 0 saturated carbocycles. The van der Waals surface area contributed by atoms with Gasteiger partial charge in [0.05, 0.1) is 0 Å². The molecule has 2 rings (SSSR count). The average Bonchev–Trinajstić information content (AvgIpc) is 2.66. The first-order valence-electron chi connectivity index (χ1n) is 6.05. The Morgan fingerprint density at radius 2 is 2.12 bits per heavy atom. The van der Waals surface area contributed by atoms with Gasteiger partial charge in [-0.1, -0.05) is 32.9 Å². The Bertz CT molecular complexity index is 516. The van der Waals surface area contributed by atoms with Gasteiger partial charge in [0.15, 0.2) is 0 Å². The van der Waals surface area contributed by atoms with Crippen LogP contribution >= 0.6 is 27.3 Å². The fraction of sp³-hybridized carbons (Fsp3) is 0.429. The molecule has 1 aromatic heterocycles. The first kappa shape index (κ1) is 13.1. The van der Waals surface area contributed by atoms with Gasteiger partial charge in [-0.2, -0.15) is 0 Å². The van der Waals surface area contributed by atoms with Crippen LogP contribution < -0.4 is 5.32 Å². The van der Waals surface area contributed by atoms with E-state index in [-0.39, 0.29) is 0 Å². The van der Waals surface area contributed by atoms with Crippen molar-refractivity contribution in [1.29, 1.82) is 0 Å². The number of halogens is 1. The van der Waals surface area contributed by atoms with E-state index in [1.54, 1.807) is 0 Å². The highest BCUT2D eigenvalue weighted by Gasteiger charge is 2.15. The number of nitrogens with one attached hydrogen (secondary N) is 1. The monoisotopic (exact) mass is 311 g/mol. The molecule has 0 spiro atoms. The zero-order chi connectivity index (χ0) is 12.4. The van der Waals surface area contributed by atoms with Crippen LogP contribution in [-0.4, -0.2) is 6.54 Å². The van der Waals surface area contributed by atoms with Gasteiger partial charge >= 0.3 is 0 Å². The van der Waals surface area contributed by atoms with Crippen LogP contribution in [0.25, 0.3) is 10.1 Å². The Hall–Kier alpha value is -0.380. The largest absolute Gasteiger partial charge is 0.312 e. The van der Waals surface area contributed by atoms with E-state index in [0.29, 0.717) is 5.92 Å². The molecule has 0 bridgehead atoms. The zero-order valence-corrected chi connectivity index (χ0v) is 12.9. The van der Waals surface area contributed by atoms with Gasteiger partial charge in [0.2, 0.25) is 0 Å². The Morgan fingerprint density at radius 3 is 2.76 bits per heavy atom. The smallest absolute Gasteiger partial charge is 0.0491 e. The number of benzene rings is 1. The van der Waals surface area contributed by atoms with Crippen molar-refractivity contribution in [2.75, 3.05) is 6.54 Å². The van der Waals surface area contributed by atoms with Crippen LogP contribution in [0.1, 0.15) is 37.1 Å². The maximum atomic E-state index is 3.65. The molecular weight excluding hydrogens is 294 g/mol. The molecule has 0 radical (unpaired) electrons. The minimum Gasteiger partial charge on any atom is -0.312 e. The van der Waals surface area contributed by atoms with E-state index in [4.69, 9.17) is 0 Å². The van der Waals surface area contributed by atoms with Gasteiger partial charge in [-0.15, -0.1) is 11.3 Å². The highest BCUT2D eigenvalue weighted by atomic mass is 79.9. The molecule has 3 heteroatoms. The fourth-order valence-electron chi connectivity index (χ4n) is 2.16. The van der Waals surface area contributed by atoms with Gasteiger partial charge < -0.3 is 5.32 Å². The van der Waals surface area contributed by atoms with E-state index < -0.39 is 0 Å². The van der Waals surface area contributed by atoms with Gasteiger partial charge in [0, 0.05) is 20.6 Å². The summed E-state index contributed by atoms with van der Waals surface area (Å²) in [5, 5.41) is 4.84. The lowest BCUT2D eigenvalue weighted by atomic mass is 9.99. The predicted molar refractivity (Wildman–Crippen MR) is 81.0 cm³/mol. The van der Waals surface area contributed by atoms with Crippen molar-refractivity contribution in [3.05, 3.63) is 33.1 Å². The molecule has 2 aromatic rings. The molecule has 0 atom stereocenters. The molecule has 0 amide bonds. The average molecular weight is 312 g/mol. The van der Waals surface area contributed by atoms with Crippen molar-refractivity contribution in [3.8, 4) is 0 Å². The van der Waals surface area contributed by atoms with Gasteiger partial charge in [-0.05, 0) is 45.4 Å². The third-order valence-corrected chi connectivity index (χ3v) is 5.07. The lowest BCUT2D eigenvalue weighted by Crippen LogP contribution is -2.12. The van der Waals surface area contributed by atoms with Crippen LogP contribution in [0.3, 0.4) is 0 Å². The van der Waals surface area contributed by atoms with Gasteiger partial charge in [-0.3, -0.25) is 0 Å². The first-order chi connectivity index (χ1) is 8.15. The highest BCUT2D eigenvalue weighted by molar-refractivity contribution is 9.10. The van der Waals surface area contributed by atoms with E-state index in [1.165, 1.54) is 25.0 Å². The van der Waals surface area contributed by atoms with Crippen molar-refractivity contribution in [1.82, 2.24) is 5.32 Å². The van der Waals surface area contributed by atoms with Gasteiger partial charge in [0.1, 0.15) is 0 Å². The quantitative estimate of drug-likeness (QED) is 0.847. The molecule has 1 nitrogen and oxygen atoms in total. The summed E-state index contributed by atoms with van der Waals surface area (Å²) in [5.74, 6) is 0.576. The lowest BCUT2D eigenvalue weighted by molar-refractivity contribution is 0.723. The molecule has 0 fully saturated rings. The normalized spacial score (nSPS) is 11.6. The molecule has 1 heterocycles. The third-order valence-electron chi connectivity index (χ3n) is 2.90. The molecule has 0 aliphatic rings. The van der Waals surface area contributed by atoms with Gasteiger partial charge in [-0.25, -0.2) is 0 Å². The number of hydrogen-bond donors (Lipinski definition) is 1. The van der Waals surface area contributed by atoms with E-state index in [1.807, 2.05) is 11.3 Å². The molecule has 92 valence electrons. The molecule has 17 heavy (non-hydrogen) atoms. The number of fused-ring (bicyclic) bond motifs is 1. The summed E-state index contributed by atoms with van der Waals surface area (Å²) in [7, 11) is 0. The molecule has 0 unspecified atom stereocenters. The van der Waals surface area contributed by atoms with Gasteiger partial charge in [0.25, 0.3) is 0 Å². The summed E-state index contributed by atoms with van der Waals surface area (Å²) in [5.41, 5.74) is 1.51. The number of thiophene rings is 1. The SMILES string of the molecule is CCNCc1sc2c(Br)cccc2c1C(C)C. The predicted octanol–water partition coefficient (Wildman–Crippen LogP) is 4.90. The Balaban J connectivity index is 2.58. The summed E-state index contributed by atoms with van der Waals surface area (Å²) in [4.78, 5) is 1.48. The van der Waals surface area contributed by atoms with E-state index in [0.717, 1.165) is 13.1 Å². The summed E-state index contributed by atoms with van der Waals surface area (Å²) in [6.45, 7) is 8.71. The molecule has 0 aliphatic heterocycles. The Labute approximate surface area is 115 Å². The highest BCUT2D eigenvalue weighted by Crippen LogP contribution is 2.39. The van der Waals surface area contributed by atoms with Crippen LogP contribution in [-0.2, 0) is 6.54 Å². The van der Waals surface area contributed by atoms with Crippen molar-refractivity contribution in [2.45, 2.75) is 33.2 Å². The topological polar surface area (TPSA) is 12.0 Å². The summed E-state index contributed by atoms with van der Waals surface area (Å²) < 4.78 is 2.59. The van der Waals surface area contributed by atoms with E-state index in [9.17, 15) is 0 Å². The molecule has 0 aliphatic carbocycles. The standard InChI is InChI=1S/C14H18BrNS/c1-4-16-8-12-13(9(2)3)10-6-5-7-11(15)14(10)17-12/h5-7,9,16H,4,8H2,1-3H3. The molecule has 1 N–H and O–H groups in total. The van der Waals surface area contributed by atoms with E-state index in [2.05, 4.69) is 60.2 Å². The Kier molecular flexibility index (Phi) is 4.23. The minimum atomic E-state index is 0.576. The van der Waals surface area contributed by atoms with Crippen LogP contribution in [0.5, 0.6) is 0 Å². The second-order valence-electron chi connectivity index (χ2n) is 4.49. The number of hydrogen-bond acceptors (Lipinski definition) is 2. The third kappa shape index (κ3) is 2.56. The molecule has 1 aromatic carbocycles. The molecular formula is C14H18BrNS. The van der Waals surface area contributed by atoms with Crippen molar-refractivity contribution < 1.29 is 0 Å². The Morgan fingerprint density at radius 1 is 1.35 bits per heavy atom. The molecule has 0 saturated heterocycles. The van der Waals surface area contributed by atoms with Crippen LogP contribution in [0.4, 0.5) is 0 Å². The van der Waals surface area contributed by atoms with Crippen LogP contribution in [0, 0.1) is 0 Å². The van der Waals surface area contributed by atoms with Crippen molar-refractivity contribution >= 4 is 37.4 Å². The maximum absolute atomic E-state index is 3.65.